The van der Waals surface area contributed by atoms with Crippen molar-refractivity contribution in [2.45, 2.75) is 71.9 Å². The van der Waals surface area contributed by atoms with Gasteiger partial charge < -0.3 is 10.5 Å². The minimum absolute atomic E-state index is 0.0880. The number of rotatable bonds is 5. The predicted octanol–water partition coefficient (Wildman–Crippen LogP) is 2.41. The molecular weight excluding hydrogens is 346 g/mol. The molecule has 0 saturated carbocycles. The Morgan fingerprint density at radius 2 is 1.56 bits per heavy atom. The van der Waals surface area contributed by atoms with E-state index in [9.17, 15) is 13.2 Å². The van der Waals surface area contributed by atoms with Crippen LogP contribution in [-0.2, 0) is 19.6 Å². The standard InChI is InChI=1S/C10H17NO2.C5H10N2.CH4O3S/c1-5-8(6-7-11)9(12)13-10(2,3)4;1-2-5(7)3-4-6;1-5(2,3)4/h8H,5-6H2,1-4H3;5H,2-3,7H2,1H3;1H3,(H,2,3,4)/t;5-;/m.1./s1. The summed E-state index contributed by atoms with van der Waals surface area (Å²) in [6, 6.07) is 4.07. The third kappa shape index (κ3) is 30.7. The fourth-order valence-electron chi connectivity index (χ4n) is 1.15. The first-order valence-electron chi connectivity index (χ1n) is 7.86. The number of ether oxygens (including phenoxy) is 1. The Bertz CT molecular complexity index is 534. The summed E-state index contributed by atoms with van der Waals surface area (Å²) in [7, 11) is -3.67. The molecule has 3 N–H and O–H groups in total. The number of hydrogen-bond donors (Lipinski definition) is 2. The Morgan fingerprint density at radius 3 is 1.76 bits per heavy atom. The molecule has 0 heterocycles. The second-order valence-electron chi connectivity index (χ2n) is 6.26. The smallest absolute Gasteiger partial charge is 0.310 e. The lowest BCUT2D eigenvalue weighted by Gasteiger charge is -2.22. The summed E-state index contributed by atoms with van der Waals surface area (Å²) in [6.07, 6.45) is 2.99. The molecule has 0 fully saturated rings. The van der Waals surface area contributed by atoms with Gasteiger partial charge in [0.1, 0.15) is 5.60 Å². The molecule has 2 atom stereocenters. The highest BCUT2D eigenvalue weighted by Gasteiger charge is 2.23. The van der Waals surface area contributed by atoms with Gasteiger partial charge in [0.15, 0.2) is 0 Å². The van der Waals surface area contributed by atoms with Gasteiger partial charge in [0.2, 0.25) is 0 Å². The highest BCUT2D eigenvalue weighted by Crippen LogP contribution is 2.15. The Morgan fingerprint density at radius 1 is 1.16 bits per heavy atom. The van der Waals surface area contributed by atoms with Crippen LogP contribution in [0.2, 0.25) is 0 Å². The number of carbonyl (C=O) groups excluding carboxylic acids is 1. The van der Waals surface area contributed by atoms with Crippen LogP contribution in [0.4, 0.5) is 0 Å². The molecule has 146 valence electrons. The SMILES string of the molecule is CCC(CC#N)C(=O)OC(C)(C)C.CC[C@@H](N)CC#N.CS(=O)(=O)O. The fourth-order valence-corrected chi connectivity index (χ4v) is 1.15. The number of esters is 1. The fraction of sp³-hybridized carbons (Fsp3) is 0.812. The largest absolute Gasteiger partial charge is 0.460 e. The first kappa shape index (κ1) is 28.1. The van der Waals surface area contributed by atoms with Crippen molar-refractivity contribution in [2.24, 2.45) is 11.7 Å². The normalized spacial score (nSPS) is 12.7. The lowest BCUT2D eigenvalue weighted by molar-refractivity contribution is -0.159. The quantitative estimate of drug-likeness (QED) is 0.546. The first-order chi connectivity index (χ1) is 11.2. The van der Waals surface area contributed by atoms with Gasteiger partial charge in [0.05, 0.1) is 30.7 Å². The van der Waals surface area contributed by atoms with Gasteiger partial charge in [0, 0.05) is 12.5 Å². The molecule has 0 aromatic carbocycles. The predicted molar refractivity (Wildman–Crippen MR) is 95.8 cm³/mol. The second kappa shape index (κ2) is 14.6. The molecule has 0 aliphatic heterocycles. The van der Waals surface area contributed by atoms with E-state index in [4.69, 9.17) is 25.5 Å². The highest BCUT2D eigenvalue weighted by molar-refractivity contribution is 7.85. The molecule has 0 aromatic heterocycles. The van der Waals surface area contributed by atoms with Crippen LogP contribution in [-0.4, -0.2) is 36.8 Å². The van der Waals surface area contributed by atoms with Gasteiger partial charge in [-0.3, -0.25) is 9.35 Å². The molecule has 0 saturated heterocycles. The molecule has 0 aromatic rings. The Balaban J connectivity index is -0.000000337. The van der Waals surface area contributed by atoms with Gasteiger partial charge in [-0.25, -0.2) is 0 Å². The van der Waals surface area contributed by atoms with Crippen molar-refractivity contribution in [3.63, 3.8) is 0 Å². The van der Waals surface area contributed by atoms with E-state index in [0.29, 0.717) is 19.1 Å². The minimum atomic E-state index is -3.67. The van der Waals surface area contributed by atoms with Gasteiger partial charge >= 0.3 is 5.97 Å². The van der Waals surface area contributed by atoms with Gasteiger partial charge in [0.25, 0.3) is 10.1 Å². The van der Waals surface area contributed by atoms with E-state index in [2.05, 4.69) is 0 Å². The van der Waals surface area contributed by atoms with Gasteiger partial charge in [-0.15, -0.1) is 0 Å². The molecule has 0 radical (unpaired) electrons. The molecule has 1 unspecified atom stereocenters. The summed E-state index contributed by atoms with van der Waals surface area (Å²) in [5, 5.41) is 16.5. The van der Waals surface area contributed by atoms with E-state index >= 15 is 0 Å². The maximum Gasteiger partial charge on any atom is 0.310 e. The molecule has 0 aliphatic rings. The summed E-state index contributed by atoms with van der Waals surface area (Å²) in [5.41, 5.74) is 4.90. The number of nitrogens with two attached hydrogens (primary N) is 1. The van der Waals surface area contributed by atoms with Gasteiger partial charge in [-0.05, 0) is 33.6 Å². The molecule has 0 amide bonds. The summed E-state index contributed by atoms with van der Waals surface area (Å²) in [6.45, 7) is 9.33. The van der Waals surface area contributed by atoms with E-state index < -0.39 is 15.7 Å². The molecule has 0 spiro atoms. The Kier molecular flexibility index (Phi) is 16.5. The third-order valence-electron chi connectivity index (χ3n) is 2.45. The van der Waals surface area contributed by atoms with Crippen LogP contribution in [0.1, 0.15) is 60.3 Å². The summed E-state index contributed by atoms with van der Waals surface area (Å²) in [4.78, 5) is 11.4. The number of nitriles is 2. The number of nitrogens with zero attached hydrogens (tertiary/aromatic N) is 2. The van der Waals surface area contributed by atoms with Crippen LogP contribution in [0.15, 0.2) is 0 Å². The Labute approximate surface area is 151 Å². The topological polar surface area (TPSA) is 154 Å². The van der Waals surface area contributed by atoms with Crippen molar-refractivity contribution in [1.29, 1.82) is 10.5 Å². The van der Waals surface area contributed by atoms with Gasteiger partial charge in [-0.2, -0.15) is 18.9 Å². The summed E-state index contributed by atoms with van der Waals surface area (Å²) in [5.74, 6) is -0.541. The average molecular weight is 378 g/mol. The molecule has 0 bridgehead atoms. The van der Waals surface area contributed by atoms with E-state index in [0.717, 1.165) is 6.42 Å². The maximum absolute atomic E-state index is 11.4. The zero-order chi connectivity index (χ0) is 20.7. The van der Waals surface area contributed by atoms with E-state index in [1.165, 1.54) is 0 Å². The van der Waals surface area contributed by atoms with Crippen LogP contribution in [0.25, 0.3) is 0 Å². The molecule has 0 rings (SSSR count). The molecule has 9 heteroatoms. The van der Waals surface area contributed by atoms with Crippen molar-refractivity contribution >= 4 is 16.1 Å². The highest BCUT2D eigenvalue weighted by atomic mass is 32.2. The monoisotopic (exact) mass is 377 g/mol. The van der Waals surface area contributed by atoms with Crippen LogP contribution >= 0.6 is 0 Å². The van der Waals surface area contributed by atoms with Crippen LogP contribution in [0.3, 0.4) is 0 Å². The molecule has 8 nitrogen and oxygen atoms in total. The van der Waals surface area contributed by atoms with Crippen molar-refractivity contribution < 1.29 is 22.5 Å². The number of hydrogen-bond acceptors (Lipinski definition) is 7. The third-order valence-corrected chi connectivity index (χ3v) is 2.45. The summed E-state index contributed by atoms with van der Waals surface area (Å²) < 4.78 is 31.0. The zero-order valence-corrected chi connectivity index (χ0v) is 16.8. The van der Waals surface area contributed by atoms with Crippen molar-refractivity contribution in [2.75, 3.05) is 6.26 Å². The molecule has 0 aliphatic carbocycles. The molecular formula is C16H31N3O5S. The lowest BCUT2D eigenvalue weighted by atomic mass is 10.0. The van der Waals surface area contributed by atoms with Gasteiger partial charge in [-0.1, -0.05) is 13.8 Å². The number of carbonyl (C=O) groups is 1. The van der Waals surface area contributed by atoms with E-state index in [1.54, 1.807) is 0 Å². The van der Waals surface area contributed by atoms with E-state index in [-0.39, 0.29) is 24.3 Å². The van der Waals surface area contributed by atoms with Crippen molar-refractivity contribution in [3.05, 3.63) is 0 Å². The maximum atomic E-state index is 11.4. The Hall–Kier alpha value is -1.68. The van der Waals surface area contributed by atoms with Crippen LogP contribution in [0.5, 0.6) is 0 Å². The minimum Gasteiger partial charge on any atom is -0.460 e. The van der Waals surface area contributed by atoms with Crippen molar-refractivity contribution in [1.82, 2.24) is 0 Å². The summed E-state index contributed by atoms with van der Waals surface area (Å²) >= 11 is 0. The van der Waals surface area contributed by atoms with Crippen molar-refractivity contribution in [3.8, 4) is 12.1 Å². The first-order valence-corrected chi connectivity index (χ1v) is 9.71. The lowest BCUT2D eigenvalue weighted by Crippen LogP contribution is -2.28. The second-order valence-corrected chi connectivity index (χ2v) is 7.73. The van der Waals surface area contributed by atoms with E-state index in [1.807, 2.05) is 46.8 Å². The average Bonchev–Trinajstić information content (AvgIpc) is 2.41. The zero-order valence-electron chi connectivity index (χ0n) is 15.9. The molecule has 25 heavy (non-hydrogen) atoms. The van der Waals surface area contributed by atoms with Crippen LogP contribution < -0.4 is 5.73 Å². The van der Waals surface area contributed by atoms with Crippen LogP contribution in [0, 0.1) is 28.6 Å².